The molecule has 0 radical (unpaired) electrons. The van der Waals surface area contributed by atoms with E-state index in [1.54, 1.807) is 26.4 Å². The SMILES string of the molecule is COc1cc2c(cc1OC)C(c1ccccc1)N(C(=O)CCNC(=O)c1ccco1)CC2. The molecule has 7 nitrogen and oxygen atoms in total. The molecule has 1 unspecified atom stereocenters. The Bertz CT molecular complexity index is 1080. The summed E-state index contributed by atoms with van der Waals surface area (Å²) in [5.74, 6) is 1.18. The van der Waals surface area contributed by atoms with Crippen LogP contribution in [0.15, 0.2) is 65.3 Å². The number of benzene rings is 2. The number of nitrogens with zero attached hydrogens (tertiary/aromatic N) is 1. The molecule has 32 heavy (non-hydrogen) atoms. The molecule has 0 aliphatic carbocycles. The first-order valence-electron chi connectivity index (χ1n) is 10.5. The van der Waals surface area contributed by atoms with Crippen molar-refractivity contribution in [2.45, 2.75) is 18.9 Å². The van der Waals surface area contributed by atoms with E-state index in [1.165, 1.54) is 6.26 Å². The molecular formula is C25H26N2O5. The predicted octanol–water partition coefficient (Wildman–Crippen LogP) is 3.59. The number of furan rings is 1. The lowest BCUT2D eigenvalue weighted by molar-refractivity contribution is -0.133. The van der Waals surface area contributed by atoms with Gasteiger partial charge in [-0.15, -0.1) is 0 Å². The number of nitrogens with one attached hydrogen (secondary N) is 1. The minimum atomic E-state index is -0.330. The maximum absolute atomic E-state index is 13.2. The molecule has 3 aromatic rings. The van der Waals surface area contributed by atoms with E-state index < -0.39 is 0 Å². The zero-order valence-electron chi connectivity index (χ0n) is 18.2. The van der Waals surface area contributed by atoms with Crippen molar-refractivity contribution < 1.29 is 23.5 Å². The highest BCUT2D eigenvalue weighted by Gasteiger charge is 2.33. The Morgan fingerprint density at radius 1 is 1.06 bits per heavy atom. The third kappa shape index (κ3) is 4.32. The summed E-state index contributed by atoms with van der Waals surface area (Å²) in [6, 6.07) is 16.9. The molecule has 1 aliphatic rings. The second-order valence-corrected chi connectivity index (χ2v) is 7.54. The number of fused-ring (bicyclic) bond motifs is 1. The number of hydrogen-bond donors (Lipinski definition) is 1. The molecule has 1 aliphatic heterocycles. The molecule has 7 heteroatoms. The van der Waals surface area contributed by atoms with Crippen molar-refractivity contribution >= 4 is 11.8 Å². The quantitative estimate of drug-likeness (QED) is 0.615. The van der Waals surface area contributed by atoms with Crippen molar-refractivity contribution in [1.29, 1.82) is 0 Å². The van der Waals surface area contributed by atoms with Gasteiger partial charge in [0, 0.05) is 19.5 Å². The maximum Gasteiger partial charge on any atom is 0.286 e. The molecule has 4 rings (SSSR count). The lowest BCUT2D eigenvalue weighted by Gasteiger charge is -2.38. The Labute approximate surface area is 186 Å². The Morgan fingerprint density at radius 2 is 1.81 bits per heavy atom. The molecule has 1 atom stereocenters. The highest BCUT2D eigenvalue weighted by Crippen LogP contribution is 2.41. The van der Waals surface area contributed by atoms with Crippen molar-refractivity contribution in [2.24, 2.45) is 0 Å². The smallest absolute Gasteiger partial charge is 0.286 e. The molecule has 0 saturated carbocycles. The summed E-state index contributed by atoms with van der Waals surface area (Å²) in [6.07, 6.45) is 2.35. The fourth-order valence-electron chi connectivity index (χ4n) is 4.13. The van der Waals surface area contributed by atoms with Crippen LogP contribution < -0.4 is 14.8 Å². The average molecular weight is 434 g/mol. The second kappa shape index (κ2) is 9.60. The molecule has 0 fully saturated rings. The van der Waals surface area contributed by atoms with Gasteiger partial charge in [0.25, 0.3) is 5.91 Å². The van der Waals surface area contributed by atoms with E-state index in [2.05, 4.69) is 5.32 Å². The Kier molecular flexibility index (Phi) is 6.44. The van der Waals surface area contributed by atoms with Gasteiger partial charge < -0.3 is 24.1 Å². The highest BCUT2D eigenvalue weighted by atomic mass is 16.5. The molecule has 1 N–H and O–H groups in total. The Morgan fingerprint density at radius 3 is 2.50 bits per heavy atom. The number of carbonyl (C=O) groups excluding carboxylic acids is 2. The summed E-state index contributed by atoms with van der Waals surface area (Å²) in [6.45, 7) is 0.808. The van der Waals surface area contributed by atoms with E-state index in [1.807, 2.05) is 47.4 Å². The molecule has 0 saturated heterocycles. The van der Waals surface area contributed by atoms with Crippen LogP contribution in [-0.4, -0.2) is 44.0 Å². The van der Waals surface area contributed by atoms with Gasteiger partial charge >= 0.3 is 0 Å². The van der Waals surface area contributed by atoms with E-state index in [0.29, 0.717) is 24.5 Å². The van der Waals surface area contributed by atoms with Crippen molar-refractivity contribution in [2.75, 3.05) is 27.3 Å². The van der Waals surface area contributed by atoms with E-state index in [4.69, 9.17) is 13.9 Å². The van der Waals surface area contributed by atoms with Crippen LogP contribution in [0.1, 0.15) is 39.7 Å². The molecule has 166 valence electrons. The van der Waals surface area contributed by atoms with Gasteiger partial charge in [0.05, 0.1) is 26.5 Å². The van der Waals surface area contributed by atoms with E-state index in [-0.39, 0.29) is 36.6 Å². The summed E-state index contributed by atoms with van der Waals surface area (Å²) < 4.78 is 16.1. The van der Waals surface area contributed by atoms with Gasteiger partial charge in [-0.05, 0) is 47.4 Å². The Balaban J connectivity index is 1.57. The minimum Gasteiger partial charge on any atom is -0.493 e. The molecule has 2 heterocycles. The third-order valence-corrected chi connectivity index (χ3v) is 5.68. The molecule has 1 aromatic heterocycles. The van der Waals surface area contributed by atoms with Crippen LogP contribution in [0.3, 0.4) is 0 Å². The van der Waals surface area contributed by atoms with Crippen LogP contribution >= 0.6 is 0 Å². The summed E-state index contributed by atoms with van der Waals surface area (Å²) in [5.41, 5.74) is 3.17. The van der Waals surface area contributed by atoms with E-state index >= 15 is 0 Å². The summed E-state index contributed by atoms with van der Waals surface area (Å²) in [7, 11) is 3.23. The number of ether oxygens (including phenoxy) is 2. The number of carbonyl (C=O) groups is 2. The first-order valence-corrected chi connectivity index (χ1v) is 10.5. The largest absolute Gasteiger partial charge is 0.493 e. The summed E-state index contributed by atoms with van der Waals surface area (Å²) >= 11 is 0. The van der Waals surface area contributed by atoms with Crippen LogP contribution in [0, 0.1) is 0 Å². The van der Waals surface area contributed by atoms with Crippen LogP contribution in [-0.2, 0) is 11.2 Å². The van der Waals surface area contributed by atoms with Crippen molar-refractivity contribution in [3.8, 4) is 11.5 Å². The lowest BCUT2D eigenvalue weighted by Crippen LogP contribution is -2.42. The van der Waals surface area contributed by atoms with Gasteiger partial charge in [0.1, 0.15) is 0 Å². The maximum atomic E-state index is 13.2. The minimum absolute atomic E-state index is 0.0287. The van der Waals surface area contributed by atoms with Crippen LogP contribution in [0.2, 0.25) is 0 Å². The van der Waals surface area contributed by atoms with E-state index in [9.17, 15) is 9.59 Å². The number of amides is 2. The number of methoxy groups -OCH3 is 2. The van der Waals surface area contributed by atoms with Crippen molar-refractivity contribution in [1.82, 2.24) is 10.2 Å². The van der Waals surface area contributed by atoms with Crippen LogP contribution in [0.25, 0.3) is 0 Å². The second-order valence-electron chi connectivity index (χ2n) is 7.54. The first kappa shape index (κ1) is 21.5. The van der Waals surface area contributed by atoms with Crippen LogP contribution in [0.5, 0.6) is 11.5 Å². The van der Waals surface area contributed by atoms with Gasteiger partial charge in [0.2, 0.25) is 5.91 Å². The predicted molar refractivity (Wildman–Crippen MR) is 119 cm³/mol. The Hall–Kier alpha value is -3.74. The third-order valence-electron chi connectivity index (χ3n) is 5.68. The first-order chi connectivity index (χ1) is 15.6. The topological polar surface area (TPSA) is 81.0 Å². The molecule has 0 spiro atoms. The van der Waals surface area contributed by atoms with Crippen LogP contribution in [0.4, 0.5) is 0 Å². The summed E-state index contributed by atoms with van der Waals surface area (Å²) in [5, 5.41) is 2.75. The van der Waals surface area contributed by atoms with Gasteiger partial charge in [-0.1, -0.05) is 30.3 Å². The van der Waals surface area contributed by atoms with Gasteiger partial charge in [-0.2, -0.15) is 0 Å². The van der Waals surface area contributed by atoms with Crippen molar-refractivity contribution in [3.05, 3.63) is 83.3 Å². The zero-order chi connectivity index (χ0) is 22.5. The summed E-state index contributed by atoms with van der Waals surface area (Å²) in [4.78, 5) is 27.2. The van der Waals surface area contributed by atoms with Gasteiger partial charge in [0.15, 0.2) is 17.3 Å². The van der Waals surface area contributed by atoms with Gasteiger partial charge in [-0.3, -0.25) is 9.59 Å². The fraction of sp³-hybridized carbons (Fsp3) is 0.280. The van der Waals surface area contributed by atoms with Gasteiger partial charge in [-0.25, -0.2) is 0 Å². The standard InChI is InChI=1S/C25H26N2O5/c1-30-21-15-18-11-13-27(23(28)10-12-26-25(29)20-9-6-14-32-20)24(17-7-4-3-5-8-17)19(18)16-22(21)31-2/h3-9,14-16,24H,10-13H2,1-2H3,(H,26,29). The average Bonchev–Trinajstić information content (AvgIpc) is 3.38. The lowest BCUT2D eigenvalue weighted by atomic mass is 9.87. The van der Waals surface area contributed by atoms with Crippen molar-refractivity contribution in [3.63, 3.8) is 0 Å². The molecule has 2 aromatic carbocycles. The fourth-order valence-corrected chi connectivity index (χ4v) is 4.13. The molecule has 0 bridgehead atoms. The molecule has 2 amide bonds. The molecular weight excluding hydrogens is 408 g/mol. The zero-order valence-corrected chi connectivity index (χ0v) is 18.2. The monoisotopic (exact) mass is 434 g/mol. The number of hydrogen-bond acceptors (Lipinski definition) is 5. The number of rotatable bonds is 7. The van der Waals surface area contributed by atoms with E-state index in [0.717, 1.165) is 16.7 Å². The highest BCUT2D eigenvalue weighted by molar-refractivity contribution is 5.91. The normalized spacial score (nSPS) is 15.1.